The van der Waals surface area contributed by atoms with E-state index in [1.165, 1.54) is 54.9 Å². The van der Waals surface area contributed by atoms with Crippen LogP contribution in [0.25, 0.3) is 65.7 Å². The van der Waals surface area contributed by atoms with Gasteiger partial charge in [-0.3, -0.25) is 0 Å². The van der Waals surface area contributed by atoms with Crippen molar-refractivity contribution < 1.29 is 4.42 Å². The molecule has 1 aliphatic carbocycles. The molecule has 8 aromatic carbocycles. The number of benzene rings is 8. The average Bonchev–Trinajstić information content (AvgIpc) is 3.64. The van der Waals surface area contributed by atoms with E-state index in [4.69, 9.17) is 4.42 Å². The molecule has 1 aromatic heterocycles. The van der Waals surface area contributed by atoms with Gasteiger partial charge in [-0.15, -0.1) is 0 Å². The number of para-hydroxylation sites is 2. The van der Waals surface area contributed by atoms with E-state index in [1.807, 2.05) is 6.07 Å². The molecule has 0 fully saturated rings. The van der Waals surface area contributed by atoms with Crippen LogP contribution in [0.3, 0.4) is 0 Å². The van der Waals surface area contributed by atoms with Crippen molar-refractivity contribution in [3.05, 3.63) is 175 Å². The van der Waals surface area contributed by atoms with Gasteiger partial charge in [-0.05, 0) is 92.5 Å². The molecule has 0 saturated heterocycles. The zero-order valence-electron chi connectivity index (χ0n) is 27.4. The topological polar surface area (TPSA) is 16.4 Å². The highest BCUT2D eigenvalue weighted by molar-refractivity contribution is 6.21. The number of furan rings is 1. The first kappa shape index (κ1) is 27.9. The van der Waals surface area contributed by atoms with Gasteiger partial charge in [-0.1, -0.05) is 129 Å². The molecule has 232 valence electrons. The van der Waals surface area contributed by atoms with Crippen LogP contribution < -0.4 is 4.90 Å². The predicted octanol–water partition coefficient (Wildman–Crippen LogP) is 13.3. The van der Waals surface area contributed by atoms with Crippen LogP contribution >= 0.6 is 0 Å². The second-order valence-corrected chi connectivity index (χ2v) is 13.7. The molecule has 0 radical (unpaired) electrons. The van der Waals surface area contributed by atoms with Gasteiger partial charge in [0.2, 0.25) is 0 Å². The molecule has 1 heterocycles. The Bertz CT molecular complexity index is 2770. The highest BCUT2D eigenvalue weighted by Crippen LogP contribution is 2.52. The van der Waals surface area contributed by atoms with Gasteiger partial charge in [0.25, 0.3) is 0 Å². The van der Waals surface area contributed by atoms with Gasteiger partial charge >= 0.3 is 0 Å². The van der Waals surface area contributed by atoms with Gasteiger partial charge in [0.1, 0.15) is 11.2 Å². The molecular formula is C47H33NO. The van der Waals surface area contributed by atoms with E-state index < -0.39 is 0 Å². The second kappa shape index (κ2) is 10.4. The van der Waals surface area contributed by atoms with Crippen molar-refractivity contribution in [1.29, 1.82) is 0 Å². The highest BCUT2D eigenvalue weighted by Gasteiger charge is 2.36. The van der Waals surface area contributed by atoms with Gasteiger partial charge in [0.05, 0.1) is 11.4 Å². The van der Waals surface area contributed by atoms with Crippen LogP contribution in [0, 0.1) is 0 Å². The first-order valence-corrected chi connectivity index (χ1v) is 17.0. The van der Waals surface area contributed by atoms with Crippen LogP contribution in [0.1, 0.15) is 25.0 Å². The largest absolute Gasteiger partial charge is 0.456 e. The van der Waals surface area contributed by atoms with Gasteiger partial charge in [0.15, 0.2) is 0 Å². The van der Waals surface area contributed by atoms with Crippen LogP contribution in [0.5, 0.6) is 0 Å². The fraction of sp³-hybridized carbons (Fsp3) is 0.0638. The lowest BCUT2D eigenvalue weighted by molar-refractivity contribution is 0.660. The molecule has 10 rings (SSSR count). The summed E-state index contributed by atoms with van der Waals surface area (Å²) in [5.41, 5.74) is 12.9. The van der Waals surface area contributed by atoms with Gasteiger partial charge in [0, 0.05) is 32.8 Å². The summed E-state index contributed by atoms with van der Waals surface area (Å²) < 4.78 is 6.33. The minimum Gasteiger partial charge on any atom is -0.456 e. The number of hydrogen-bond donors (Lipinski definition) is 0. The molecule has 0 bridgehead atoms. The molecule has 2 heteroatoms. The third-order valence-electron chi connectivity index (χ3n) is 10.6. The standard InChI is InChI=1S/C47H33NO/c1-47(2)40-18-8-5-15-35(40)36-25-24-33(29-41(36)47)48(42-19-9-6-14-34(42)32-23-22-30-12-3-4-13-31(30)28-32)43-20-11-17-38-37(43)26-27-45-46(38)39-16-7-10-21-44(39)49-45/h3-29H,1-2H3. The van der Waals surface area contributed by atoms with E-state index >= 15 is 0 Å². The van der Waals surface area contributed by atoms with E-state index in [9.17, 15) is 0 Å². The quantitative estimate of drug-likeness (QED) is 0.193. The van der Waals surface area contributed by atoms with Crippen molar-refractivity contribution in [1.82, 2.24) is 0 Å². The molecule has 49 heavy (non-hydrogen) atoms. The van der Waals surface area contributed by atoms with Crippen LogP contribution in [0.15, 0.2) is 168 Å². The van der Waals surface area contributed by atoms with Crippen molar-refractivity contribution in [3.8, 4) is 22.3 Å². The van der Waals surface area contributed by atoms with E-state index in [2.05, 4.69) is 176 Å². The minimum absolute atomic E-state index is 0.119. The van der Waals surface area contributed by atoms with Crippen molar-refractivity contribution >= 4 is 60.5 Å². The van der Waals surface area contributed by atoms with Gasteiger partial charge in [-0.25, -0.2) is 0 Å². The van der Waals surface area contributed by atoms with E-state index in [0.29, 0.717) is 0 Å². The summed E-state index contributed by atoms with van der Waals surface area (Å²) in [5.74, 6) is 0. The van der Waals surface area contributed by atoms with E-state index in [1.54, 1.807) is 0 Å². The summed E-state index contributed by atoms with van der Waals surface area (Å²) in [6.45, 7) is 4.71. The Morgan fingerprint density at radius 1 is 0.449 bits per heavy atom. The average molecular weight is 628 g/mol. The lowest BCUT2D eigenvalue weighted by Gasteiger charge is -2.30. The van der Waals surface area contributed by atoms with Crippen LogP contribution in [-0.4, -0.2) is 0 Å². The van der Waals surface area contributed by atoms with E-state index in [-0.39, 0.29) is 5.41 Å². The molecule has 9 aromatic rings. The Kier molecular flexibility index (Phi) is 5.95. The molecule has 1 aliphatic rings. The molecule has 0 unspecified atom stereocenters. The Morgan fingerprint density at radius 3 is 2.08 bits per heavy atom. The van der Waals surface area contributed by atoms with Crippen LogP contribution in [0.2, 0.25) is 0 Å². The SMILES string of the molecule is CC1(C)c2ccccc2-c2ccc(N(c3ccccc3-c3ccc4ccccc4c3)c3cccc4c3ccc3oc5ccccc5c34)cc21. The fourth-order valence-electron chi connectivity index (χ4n) is 8.27. The summed E-state index contributed by atoms with van der Waals surface area (Å²) in [6.07, 6.45) is 0. The lowest BCUT2D eigenvalue weighted by Crippen LogP contribution is -2.17. The number of anilines is 3. The zero-order chi connectivity index (χ0) is 32.7. The van der Waals surface area contributed by atoms with Crippen molar-refractivity contribution in [3.63, 3.8) is 0 Å². The number of hydrogen-bond acceptors (Lipinski definition) is 2. The molecule has 0 saturated carbocycles. The first-order chi connectivity index (χ1) is 24.1. The van der Waals surface area contributed by atoms with E-state index in [0.717, 1.165) is 39.0 Å². The van der Waals surface area contributed by atoms with Crippen molar-refractivity contribution in [2.45, 2.75) is 19.3 Å². The Labute approximate surface area is 285 Å². The number of rotatable bonds is 4. The maximum Gasteiger partial charge on any atom is 0.136 e. The van der Waals surface area contributed by atoms with Crippen LogP contribution in [0.4, 0.5) is 17.1 Å². The van der Waals surface area contributed by atoms with Crippen LogP contribution in [-0.2, 0) is 5.41 Å². The smallest absolute Gasteiger partial charge is 0.136 e. The monoisotopic (exact) mass is 627 g/mol. The Hall–Kier alpha value is -6.12. The molecular weight excluding hydrogens is 595 g/mol. The number of fused-ring (bicyclic) bond motifs is 9. The fourth-order valence-corrected chi connectivity index (χ4v) is 8.27. The Morgan fingerprint density at radius 2 is 1.16 bits per heavy atom. The molecule has 0 N–H and O–H groups in total. The van der Waals surface area contributed by atoms with Crippen molar-refractivity contribution in [2.75, 3.05) is 4.90 Å². The summed E-state index contributed by atoms with van der Waals surface area (Å²) in [7, 11) is 0. The van der Waals surface area contributed by atoms with Crippen molar-refractivity contribution in [2.24, 2.45) is 0 Å². The third-order valence-corrected chi connectivity index (χ3v) is 10.6. The summed E-state index contributed by atoms with van der Waals surface area (Å²) >= 11 is 0. The predicted molar refractivity (Wildman–Crippen MR) is 206 cm³/mol. The molecule has 2 nitrogen and oxygen atoms in total. The maximum absolute atomic E-state index is 6.33. The summed E-state index contributed by atoms with van der Waals surface area (Å²) in [4.78, 5) is 2.47. The normalized spacial score (nSPS) is 13.3. The van der Waals surface area contributed by atoms with Gasteiger partial charge < -0.3 is 9.32 Å². The Balaban J connectivity index is 1.26. The molecule has 0 amide bonds. The summed E-state index contributed by atoms with van der Waals surface area (Å²) in [6, 6.07) is 59.6. The third kappa shape index (κ3) is 4.14. The second-order valence-electron chi connectivity index (χ2n) is 13.7. The molecule has 0 aliphatic heterocycles. The highest BCUT2D eigenvalue weighted by atomic mass is 16.3. The molecule has 0 atom stereocenters. The lowest BCUT2D eigenvalue weighted by atomic mass is 9.82. The summed E-state index contributed by atoms with van der Waals surface area (Å²) in [5, 5.41) is 7.13. The number of nitrogens with zero attached hydrogens (tertiary/aromatic N) is 1. The zero-order valence-corrected chi connectivity index (χ0v) is 27.4. The maximum atomic E-state index is 6.33. The van der Waals surface area contributed by atoms with Gasteiger partial charge in [-0.2, -0.15) is 0 Å². The first-order valence-electron chi connectivity index (χ1n) is 17.0. The minimum atomic E-state index is -0.119. The molecule has 0 spiro atoms.